The second kappa shape index (κ2) is 6.00. The van der Waals surface area contributed by atoms with Crippen LogP contribution < -0.4 is 10.6 Å². The smallest absolute Gasteiger partial charge is 0.116 e. The van der Waals surface area contributed by atoms with Gasteiger partial charge in [-0.05, 0) is 45.4 Å². The molecular formula is C16H27FN2S. The molecule has 0 radical (unpaired) electrons. The summed E-state index contributed by atoms with van der Waals surface area (Å²) in [5, 5.41) is 6.74. The largest absolute Gasteiger partial charge is 0.367 e. The molecule has 2 aliphatic carbocycles. The van der Waals surface area contributed by atoms with E-state index in [0.29, 0.717) is 25.7 Å². The van der Waals surface area contributed by atoms with Gasteiger partial charge in [-0.15, -0.1) is 12.6 Å². The zero-order valence-corrected chi connectivity index (χ0v) is 13.6. The molecule has 0 bridgehead atoms. The van der Waals surface area contributed by atoms with Crippen molar-refractivity contribution in [1.82, 2.24) is 10.6 Å². The van der Waals surface area contributed by atoms with Crippen molar-refractivity contribution in [2.75, 3.05) is 0 Å². The molecule has 0 aromatic rings. The molecule has 1 atom stereocenters. The second-order valence-electron chi connectivity index (χ2n) is 6.65. The van der Waals surface area contributed by atoms with Gasteiger partial charge in [-0.25, -0.2) is 4.39 Å². The Morgan fingerprint density at radius 1 is 1.40 bits per heavy atom. The molecule has 0 aliphatic heterocycles. The fourth-order valence-corrected chi connectivity index (χ4v) is 3.65. The Balaban J connectivity index is 1.91. The lowest BCUT2D eigenvalue weighted by atomic mass is 9.78. The molecule has 2 aliphatic rings. The van der Waals surface area contributed by atoms with Gasteiger partial charge in [0.2, 0.25) is 0 Å². The van der Waals surface area contributed by atoms with E-state index in [2.05, 4.69) is 36.8 Å². The van der Waals surface area contributed by atoms with Crippen LogP contribution in [-0.4, -0.2) is 11.2 Å². The Morgan fingerprint density at radius 3 is 2.60 bits per heavy atom. The summed E-state index contributed by atoms with van der Waals surface area (Å²) >= 11 is 4.49. The predicted molar refractivity (Wildman–Crippen MR) is 86.3 cm³/mol. The number of rotatable bonds is 6. The van der Waals surface area contributed by atoms with Crippen molar-refractivity contribution in [3.05, 3.63) is 23.0 Å². The molecular weight excluding hydrogens is 271 g/mol. The van der Waals surface area contributed by atoms with Crippen LogP contribution in [0.4, 0.5) is 4.39 Å². The van der Waals surface area contributed by atoms with Crippen LogP contribution in [0.1, 0.15) is 65.2 Å². The topological polar surface area (TPSA) is 24.1 Å². The lowest BCUT2D eigenvalue weighted by Gasteiger charge is -2.41. The first-order chi connectivity index (χ1) is 9.36. The van der Waals surface area contributed by atoms with Crippen molar-refractivity contribution in [3.8, 4) is 0 Å². The summed E-state index contributed by atoms with van der Waals surface area (Å²) in [4.78, 5) is 0.842. The molecule has 0 amide bonds. The van der Waals surface area contributed by atoms with Gasteiger partial charge in [-0.1, -0.05) is 19.9 Å². The third-order valence-corrected chi connectivity index (χ3v) is 4.99. The first-order valence-corrected chi connectivity index (χ1v) is 8.15. The van der Waals surface area contributed by atoms with Gasteiger partial charge in [0.05, 0.1) is 5.82 Å². The van der Waals surface area contributed by atoms with E-state index in [4.69, 9.17) is 0 Å². The van der Waals surface area contributed by atoms with Crippen LogP contribution in [0, 0.1) is 0 Å². The van der Waals surface area contributed by atoms with Gasteiger partial charge in [0.15, 0.2) is 0 Å². The molecule has 2 rings (SSSR count). The average molecular weight is 298 g/mol. The minimum Gasteiger partial charge on any atom is -0.367 e. The zero-order valence-electron chi connectivity index (χ0n) is 12.7. The van der Waals surface area contributed by atoms with Crippen LogP contribution in [-0.2, 0) is 0 Å². The molecule has 0 aromatic carbocycles. The molecule has 1 unspecified atom stereocenters. The van der Waals surface area contributed by atoms with Gasteiger partial charge in [-0.3, -0.25) is 0 Å². The normalized spacial score (nSPS) is 28.8. The molecule has 20 heavy (non-hydrogen) atoms. The van der Waals surface area contributed by atoms with Crippen molar-refractivity contribution in [3.63, 3.8) is 0 Å². The van der Waals surface area contributed by atoms with Gasteiger partial charge in [0.1, 0.15) is 5.67 Å². The van der Waals surface area contributed by atoms with Crippen LogP contribution >= 0.6 is 12.6 Å². The Morgan fingerprint density at radius 2 is 2.10 bits per heavy atom. The highest BCUT2D eigenvalue weighted by molar-refractivity contribution is 7.84. The molecule has 2 nitrogen and oxygen atoms in total. The highest BCUT2D eigenvalue weighted by Crippen LogP contribution is 2.39. The number of hydrogen-bond acceptors (Lipinski definition) is 3. The van der Waals surface area contributed by atoms with E-state index in [1.807, 2.05) is 6.92 Å². The molecule has 2 N–H and O–H groups in total. The molecule has 4 heteroatoms. The molecule has 0 aromatic heterocycles. The number of hydrogen-bond donors (Lipinski definition) is 3. The maximum atomic E-state index is 14.5. The van der Waals surface area contributed by atoms with Crippen LogP contribution in [0.15, 0.2) is 23.0 Å². The highest BCUT2D eigenvalue weighted by Gasteiger charge is 2.35. The lowest BCUT2D eigenvalue weighted by molar-refractivity contribution is 0.130. The van der Waals surface area contributed by atoms with E-state index in [0.717, 1.165) is 22.8 Å². The van der Waals surface area contributed by atoms with E-state index < -0.39 is 5.67 Å². The van der Waals surface area contributed by atoms with Crippen molar-refractivity contribution < 1.29 is 4.39 Å². The van der Waals surface area contributed by atoms with E-state index in [1.54, 1.807) is 0 Å². The lowest BCUT2D eigenvalue weighted by Crippen LogP contribution is -2.49. The van der Waals surface area contributed by atoms with E-state index >= 15 is 0 Å². The number of allylic oxidation sites excluding steroid dienone is 2. The molecule has 1 fully saturated rings. The number of alkyl halides is 1. The summed E-state index contributed by atoms with van der Waals surface area (Å²) in [7, 11) is 0. The summed E-state index contributed by atoms with van der Waals surface area (Å²) in [5.41, 5.74) is 0.145. The molecule has 0 spiro atoms. The summed E-state index contributed by atoms with van der Waals surface area (Å²) in [5.74, 6) is 0.815. The van der Waals surface area contributed by atoms with Gasteiger partial charge in [0, 0.05) is 22.6 Å². The van der Waals surface area contributed by atoms with E-state index in [-0.39, 0.29) is 5.54 Å². The zero-order chi connectivity index (χ0) is 14.8. The summed E-state index contributed by atoms with van der Waals surface area (Å²) in [6.07, 6.45) is 6.88. The SMILES string of the molecule is C=C(NC1=C(S)CC(F)(CCC)CC1)NC1(C)CCC1. The molecule has 1 saturated carbocycles. The van der Waals surface area contributed by atoms with Crippen molar-refractivity contribution >= 4 is 12.6 Å². The first kappa shape index (κ1) is 15.7. The highest BCUT2D eigenvalue weighted by atomic mass is 32.1. The second-order valence-corrected chi connectivity index (χ2v) is 7.19. The third kappa shape index (κ3) is 3.72. The van der Waals surface area contributed by atoms with Crippen LogP contribution in [0.2, 0.25) is 0 Å². The monoisotopic (exact) mass is 298 g/mol. The predicted octanol–water partition coefficient (Wildman–Crippen LogP) is 4.41. The number of halogens is 1. The maximum Gasteiger partial charge on any atom is 0.116 e. The van der Waals surface area contributed by atoms with Crippen LogP contribution in [0.5, 0.6) is 0 Å². The van der Waals surface area contributed by atoms with Crippen molar-refractivity contribution in [2.45, 2.75) is 76.4 Å². The van der Waals surface area contributed by atoms with E-state index in [1.165, 1.54) is 19.3 Å². The maximum absolute atomic E-state index is 14.5. The molecule has 114 valence electrons. The minimum atomic E-state index is -1.06. The number of thiol groups is 1. The Hall–Kier alpha value is -0.640. The van der Waals surface area contributed by atoms with Gasteiger partial charge < -0.3 is 10.6 Å². The minimum absolute atomic E-state index is 0.183. The summed E-state index contributed by atoms with van der Waals surface area (Å²) in [6.45, 7) is 8.29. The van der Waals surface area contributed by atoms with Gasteiger partial charge >= 0.3 is 0 Å². The Labute approximate surface area is 127 Å². The Bertz CT molecular complexity index is 415. The van der Waals surface area contributed by atoms with E-state index in [9.17, 15) is 4.39 Å². The molecule has 0 heterocycles. The fourth-order valence-electron chi connectivity index (χ4n) is 3.19. The summed E-state index contributed by atoms with van der Waals surface area (Å²) in [6, 6.07) is 0. The summed E-state index contributed by atoms with van der Waals surface area (Å²) < 4.78 is 14.5. The first-order valence-electron chi connectivity index (χ1n) is 7.70. The fraction of sp³-hybridized carbons (Fsp3) is 0.750. The van der Waals surface area contributed by atoms with Crippen molar-refractivity contribution in [1.29, 1.82) is 0 Å². The Kier molecular flexibility index (Phi) is 4.73. The van der Waals surface area contributed by atoms with Crippen LogP contribution in [0.3, 0.4) is 0 Å². The quantitative estimate of drug-likeness (QED) is 0.633. The third-order valence-electron chi connectivity index (χ3n) is 4.57. The van der Waals surface area contributed by atoms with Crippen molar-refractivity contribution in [2.24, 2.45) is 0 Å². The standard InChI is InChI=1S/C16H27FN2S/c1-4-7-16(17)10-6-13(14(20)11-16)18-12(2)19-15(3)8-5-9-15/h18-20H,2,4-11H2,1,3H3. The van der Waals surface area contributed by atoms with Gasteiger partial charge in [0.25, 0.3) is 0 Å². The average Bonchev–Trinajstić information content (AvgIpc) is 2.31. The van der Waals surface area contributed by atoms with Crippen LogP contribution in [0.25, 0.3) is 0 Å². The number of nitrogens with one attached hydrogen (secondary N) is 2. The van der Waals surface area contributed by atoms with Gasteiger partial charge in [-0.2, -0.15) is 0 Å². The molecule has 0 saturated heterocycles.